The average Bonchev–Trinajstić information content (AvgIpc) is 3.33. The molecule has 3 heterocycles. The van der Waals surface area contributed by atoms with Crippen LogP contribution in [0, 0.1) is 0 Å². The zero-order valence-corrected chi connectivity index (χ0v) is 15.3. The van der Waals surface area contributed by atoms with Crippen molar-refractivity contribution in [3.05, 3.63) is 66.5 Å². The molecule has 0 amide bonds. The minimum Gasteiger partial charge on any atom is -0.454 e. The Morgan fingerprint density at radius 3 is 2.77 bits per heavy atom. The van der Waals surface area contributed by atoms with Crippen LogP contribution in [0.3, 0.4) is 0 Å². The average molecular weight is 378 g/mol. The Morgan fingerprint density at radius 1 is 0.962 bits per heavy atom. The second-order valence-electron chi connectivity index (χ2n) is 5.85. The second-order valence-corrected chi connectivity index (χ2v) is 7.85. The molecule has 0 saturated heterocycles. The van der Waals surface area contributed by atoms with E-state index in [0.717, 1.165) is 32.5 Å². The zero-order valence-electron chi connectivity index (χ0n) is 13.7. The van der Waals surface area contributed by atoms with Gasteiger partial charge in [0.15, 0.2) is 11.5 Å². The van der Waals surface area contributed by atoms with Crippen molar-refractivity contribution in [2.45, 2.75) is 10.8 Å². The maximum atomic E-state index is 5.46. The van der Waals surface area contributed by atoms with Crippen molar-refractivity contribution in [1.29, 1.82) is 0 Å². The van der Waals surface area contributed by atoms with Crippen LogP contribution in [-0.2, 0) is 5.75 Å². The van der Waals surface area contributed by atoms with E-state index in [1.54, 1.807) is 29.4 Å². The van der Waals surface area contributed by atoms with E-state index in [-0.39, 0.29) is 0 Å². The number of rotatable bonds is 4. The van der Waals surface area contributed by atoms with E-state index in [4.69, 9.17) is 9.47 Å². The molecule has 0 saturated carbocycles. The Morgan fingerprint density at radius 2 is 1.85 bits per heavy atom. The zero-order chi connectivity index (χ0) is 17.3. The summed E-state index contributed by atoms with van der Waals surface area (Å²) in [6.45, 7) is 0.301. The van der Waals surface area contributed by atoms with Gasteiger partial charge in [0, 0.05) is 16.0 Å². The summed E-state index contributed by atoms with van der Waals surface area (Å²) >= 11 is 3.42. The molecular weight excluding hydrogens is 364 g/mol. The van der Waals surface area contributed by atoms with Gasteiger partial charge in [0.05, 0.1) is 0 Å². The molecule has 1 aliphatic heterocycles. The normalized spacial score (nSPS) is 12.6. The van der Waals surface area contributed by atoms with Crippen molar-refractivity contribution in [3.8, 4) is 21.9 Å². The van der Waals surface area contributed by atoms with E-state index in [9.17, 15) is 0 Å². The molecule has 0 bridgehead atoms. The number of thioether (sulfide) groups is 1. The van der Waals surface area contributed by atoms with Gasteiger partial charge in [-0.1, -0.05) is 36.4 Å². The first-order valence-corrected chi connectivity index (χ1v) is 9.98. The molecule has 0 unspecified atom stereocenters. The fourth-order valence-electron chi connectivity index (χ4n) is 2.88. The quantitative estimate of drug-likeness (QED) is 0.352. The first-order valence-electron chi connectivity index (χ1n) is 8.18. The van der Waals surface area contributed by atoms with Crippen LogP contribution in [0.5, 0.6) is 11.5 Å². The molecule has 4 aromatic rings. The molecule has 1 aliphatic rings. The Bertz CT molecular complexity index is 1080. The first kappa shape index (κ1) is 15.7. The van der Waals surface area contributed by atoms with Gasteiger partial charge in [-0.15, -0.1) is 23.1 Å². The molecule has 2 aromatic carbocycles. The number of hydrogen-bond acceptors (Lipinski definition) is 6. The Kier molecular flexibility index (Phi) is 3.99. The van der Waals surface area contributed by atoms with Crippen LogP contribution in [0.15, 0.2) is 66.0 Å². The summed E-state index contributed by atoms with van der Waals surface area (Å²) in [5, 5.41) is 2.12. The van der Waals surface area contributed by atoms with Gasteiger partial charge in [-0.05, 0) is 29.3 Å². The van der Waals surface area contributed by atoms with Gasteiger partial charge in [-0.2, -0.15) is 0 Å². The first-order chi connectivity index (χ1) is 12.9. The van der Waals surface area contributed by atoms with E-state index in [2.05, 4.69) is 46.4 Å². The van der Waals surface area contributed by atoms with Gasteiger partial charge in [0.2, 0.25) is 6.79 Å². The molecule has 0 atom stereocenters. The maximum absolute atomic E-state index is 5.46. The lowest BCUT2D eigenvalue weighted by Gasteiger charge is -2.04. The monoisotopic (exact) mass is 378 g/mol. The minimum absolute atomic E-state index is 0.301. The van der Waals surface area contributed by atoms with E-state index < -0.39 is 0 Å². The summed E-state index contributed by atoms with van der Waals surface area (Å²) in [5.74, 6) is 2.45. The largest absolute Gasteiger partial charge is 0.454 e. The molecule has 0 fully saturated rings. The smallest absolute Gasteiger partial charge is 0.231 e. The highest BCUT2D eigenvalue weighted by Crippen LogP contribution is 2.38. The van der Waals surface area contributed by atoms with Crippen LogP contribution >= 0.6 is 23.1 Å². The van der Waals surface area contributed by atoms with Crippen LogP contribution in [0.2, 0.25) is 0 Å². The predicted octanol–water partition coefficient (Wildman–Crippen LogP) is 5.38. The predicted molar refractivity (Wildman–Crippen MR) is 105 cm³/mol. The molecule has 0 aliphatic carbocycles. The topological polar surface area (TPSA) is 44.2 Å². The lowest BCUT2D eigenvalue weighted by Crippen LogP contribution is -1.92. The third kappa shape index (κ3) is 2.91. The van der Waals surface area contributed by atoms with Gasteiger partial charge in [-0.3, -0.25) is 0 Å². The van der Waals surface area contributed by atoms with Crippen molar-refractivity contribution in [2.24, 2.45) is 0 Å². The summed E-state index contributed by atoms with van der Waals surface area (Å²) in [6, 6.07) is 18.7. The van der Waals surface area contributed by atoms with Gasteiger partial charge in [-0.25, -0.2) is 9.97 Å². The van der Waals surface area contributed by atoms with Crippen LogP contribution in [0.1, 0.15) is 5.56 Å². The molecule has 0 spiro atoms. The highest BCUT2D eigenvalue weighted by atomic mass is 32.2. The molecule has 128 valence electrons. The standard InChI is InChI=1S/C20H14N2O2S2/c1-2-4-14(5-3-1)18-9-15-19(21-11-22-20(15)26-18)25-10-13-6-7-16-17(8-13)24-12-23-16/h1-9,11H,10,12H2. The summed E-state index contributed by atoms with van der Waals surface area (Å²) in [7, 11) is 0. The number of benzene rings is 2. The molecule has 26 heavy (non-hydrogen) atoms. The lowest BCUT2D eigenvalue weighted by atomic mass is 10.2. The van der Waals surface area contributed by atoms with E-state index >= 15 is 0 Å². The van der Waals surface area contributed by atoms with Gasteiger partial charge >= 0.3 is 0 Å². The molecular formula is C20H14N2O2S2. The number of thiophene rings is 1. The fourth-order valence-corrected chi connectivity index (χ4v) is 4.86. The second kappa shape index (κ2) is 6.63. The summed E-state index contributed by atoms with van der Waals surface area (Å²) in [6.07, 6.45) is 1.65. The van der Waals surface area contributed by atoms with Crippen molar-refractivity contribution < 1.29 is 9.47 Å². The SMILES string of the molecule is c1ccc(-c2cc3c(SCc4ccc5c(c4)OCO5)ncnc3s2)cc1. The highest BCUT2D eigenvalue weighted by Gasteiger charge is 2.14. The van der Waals surface area contributed by atoms with Crippen LogP contribution in [-0.4, -0.2) is 16.8 Å². The molecule has 4 nitrogen and oxygen atoms in total. The van der Waals surface area contributed by atoms with Gasteiger partial charge < -0.3 is 9.47 Å². The van der Waals surface area contributed by atoms with Crippen LogP contribution in [0.4, 0.5) is 0 Å². The molecule has 2 aromatic heterocycles. The number of aromatic nitrogens is 2. The summed E-state index contributed by atoms with van der Waals surface area (Å²) in [5.41, 5.74) is 2.40. The fraction of sp³-hybridized carbons (Fsp3) is 0.100. The number of fused-ring (bicyclic) bond motifs is 2. The Labute approximate surface area is 158 Å². The Balaban J connectivity index is 1.43. The molecule has 5 rings (SSSR count). The number of ether oxygens (including phenoxy) is 2. The van der Waals surface area contributed by atoms with Crippen molar-refractivity contribution >= 4 is 33.3 Å². The minimum atomic E-state index is 0.301. The highest BCUT2D eigenvalue weighted by molar-refractivity contribution is 7.98. The third-order valence-electron chi connectivity index (χ3n) is 4.16. The summed E-state index contributed by atoms with van der Waals surface area (Å²) in [4.78, 5) is 11.2. The molecule has 0 N–H and O–H groups in total. The van der Waals surface area contributed by atoms with E-state index in [0.29, 0.717) is 6.79 Å². The number of nitrogens with zero attached hydrogens (tertiary/aromatic N) is 2. The van der Waals surface area contributed by atoms with Crippen LogP contribution < -0.4 is 9.47 Å². The maximum Gasteiger partial charge on any atom is 0.231 e. The summed E-state index contributed by atoms with van der Waals surface area (Å²) < 4.78 is 10.8. The number of hydrogen-bond donors (Lipinski definition) is 0. The van der Waals surface area contributed by atoms with E-state index in [1.165, 1.54) is 16.0 Å². The van der Waals surface area contributed by atoms with Crippen molar-refractivity contribution in [1.82, 2.24) is 9.97 Å². The van der Waals surface area contributed by atoms with E-state index in [1.807, 2.05) is 18.2 Å². The van der Waals surface area contributed by atoms with Crippen LogP contribution in [0.25, 0.3) is 20.7 Å². The van der Waals surface area contributed by atoms with Gasteiger partial charge in [0.1, 0.15) is 16.2 Å². The van der Waals surface area contributed by atoms with Crippen molar-refractivity contribution in [3.63, 3.8) is 0 Å². The third-order valence-corrected chi connectivity index (χ3v) is 6.33. The van der Waals surface area contributed by atoms with Gasteiger partial charge in [0.25, 0.3) is 0 Å². The van der Waals surface area contributed by atoms with Crippen molar-refractivity contribution in [2.75, 3.05) is 6.79 Å². The molecule has 0 radical (unpaired) electrons. The molecule has 6 heteroatoms. The Hall–Kier alpha value is -2.57. The lowest BCUT2D eigenvalue weighted by molar-refractivity contribution is 0.174.